The SMILES string of the molecule is CC(CN)(NC(=O)COc1ccc(C(F)(F)F)cc1)C1CC1. The van der Waals surface area contributed by atoms with Crippen LogP contribution in [0.3, 0.4) is 0 Å². The van der Waals surface area contributed by atoms with Crippen molar-refractivity contribution in [2.75, 3.05) is 13.2 Å². The number of nitrogens with one attached hydrogen (secondary N) is 1. The van der Waals surface area contributed by atoms with Gasteiger partial charge in [0, 0.05) is 6.54 Å². The van der Waals surface area contributed by atoms with E-state index in [0.717, 1.165) is 25.0 Å². The molecule has 122 valence electrons. The molecule has 0 saturated heterocycles. The molecule has 3 N–H and O–H groups in total. The Kier molecular flexibility index (Phi) is 4.65. The summed E-state index contributed by atoms with van der Waals surface area (Å²) in [6.07, 6.45) is -2.31. The highest BCUT2D eigenvalue weighted by Crippen LogP contribution is 2.38. The normalized spacial score (nSPS) is 17.7. The highest BCUT2D eigenvalue weighted by molar-refractivity contribution is 5.78. The van der Waals surface area contributed by atoms with Crippen molar-refractivity contribution >= 4 is 5.91 Å². The third-order valence-corrected chi connectivity index (χ3v) is 3.88. The summed E-state index contributed by atoms with van der Waals surface area (Å²) in [7, 11) is 0. The van der Waals surface area contributed by atoms with Gasteiger partial charge in [-0.3, -0.25) is 4.79 Å². The average Bonchev–Trinajstić information content (AvgIpc) is 3.29. The van der Waals surface area contributed by atoms with Gasteiger partial charge in [-0.05, 0) is 49.9 Å². The van der Waals surface area contributed by atoms with E-state index in [0.29, 0.717) is 12.5 Å². The van der Waals surface area contributed by atoms with E-state index >= 15 is 0 Å². The van der Waals surface area contributed by atoms with Crippen molar-refractivity contribution in [3.8, 4) is 5.75 Å². The highest BCUT2D eigenvalue weighted by atomic mass is 19.4. The van der Waals surface area contributed by atoms with Crippen molar-refractivity contribution in [1.82, 2.24) is 5.32 Å². The maximum absolute atomic E-state index is 12.4. The molecule has 7 heteroatoms. The number of hydrogen-bond acceptors (Lipinski definition) is 3. The molecule has 1 amide bonds. The van der Waals surface area contributed by atoms with Gasteiger partial charge in [0.25, 0.3) is 5.91 Å². The molecule has 0 heterocycles. The Labute approximate surface area is 126 Å². The first kappa shape index (κ1) is 16.6. The molecule has 0 aliphatic heterocycles. The summed E-state index contributed by atoms with van der Waals surface area (Å²) >= 11 is 0. The molecule has 1 aliphatic carbocycles. The van der Waals surface area contributed by atoms with Crippen LogP contribution in [0.5, 0.6) is 5.75 Å². The van der Waals surface area contributed by atoms with Crippen LogP contribution in [0.1, 0.15) is 25.3 Å². The van der Waals surface area contributed by atoms with Gasteiger partial charge in [0.05, 0.1) is 11.1 Å². The van der Waals surface area contributed by atoms with Crippen LogP contribution in [0.25, 0.3) is 0 Å². The number of nitrogens with two attached hydrogens (primary N) is 1. The number of benzene rings is 1. The van der Waals surface area contributed by atoms with Crippen LogP contribution >= 0.6 is 0 Å². The van der Waals surface area contributed by atoms with Gasteiger partial charge in [0.1, 0.15) is 5.75 Å². The van der Waals surface area contributed by atoms with Gasteiger partial charge < -0.3 is 15.8 Å². The maximum Gasteiger partial charge on any atom is 0.416 e. The van der Waals surface area contributed by atoms with Crippen molar-refractivity contribution in [1.29, 1.82) is 0 Å². The van der Waals surface area contributed by atoms with Crippen molar-refractivity contribution in [2.24, 2.45) is 11.7 Å². The number of carbonyl (C=O) groups is 1. The second kappa shape index (κ2) is 6.16. The summed E-state index contributed by atoms with van der Waals surface area (Å²) in [5, 5.41) is 2.84. The predicted octanol–water partition coefficient (Wildman–Crippen LogP) is 2.33. The van der Waals surface area contributed by atoms with Gasteiger partial charge >= 0.3 is 6.18 Å². The standard InChI is InChI=1S/C15H19F3N2O2/c1-14(9-19,10-2-3-10)20-13(21)8-22-12-6-4-11(5-7-12)15(16,17)18/h4-7,10H,2-3,8-9,19H2,1H3,(H,20,21). The van der Waals surface area contributed by atoms with Crippen LogP contribution in [0.4, 0.5) is 13.2 Å². The fourth-order valence-electron chi connectivity index (χ4n) is 2.28. The van der Waals surface area contributed by atoms with Gasteiger partial charge in [-0.1, -0.05) is 0 Å². The quantitative estimate of drug-likeness (QED) is 0.846. The molecule has 0 bridgehead atoms. The monoisotopic (exact) mass is 316 g/mol. The van der Waals surface area contributed by atoms with Gasteiger partial charge in [-0.25, -0.2) is 0 Å². The lowest BCUT2D eigenvalue weighted by molar-refractivity contribution is -0.137. The second-order valence-corrected chi connectivity index (χ2v) is 5.75. The summed E-state index contributed by atoms with van der Waals surface area (Å²) in [6.45, 7) is 1.97. The molecule has 1 aromatic carbocycles. The van der Waals surface area contributed by atoms with Crippen LogP contribution in [0.2, 0.25) is 0 Å². The molecular weight excluding hydrogens is 297 g/mol. The lowest BCUT2D eigenvalue weighted by Crippen LogP contribution is -2.54. The molecule has 0 aromatic heterocycles. The molecule has 1 atom stereocenters. The lowest BCUT2D eigenvalue weighted by atomic mass is 9.96. The minimum atomic E-state index is -4.39. The van der Waals surface area contributed by atoms with Crippen molar-refractivity contribution < 1.29 is 22.7 Å². The fraction of sp³-hybridized carbons (Fsp3) is 0.533. The van der Waals surface area contributed by atoms with Crippen LogP contribution in [-0.4, -0.2) is 24.6 Å². The summed E-state index contributed by atoms with van der Waals surface area (Å²) in [5.41, 5.74) is 4.50. The van der Waals surface area contributed by atoms with Crippen LogP contribution in [0, 0.1) is 5.92 Å². The Morgan fingerprint density at radius 3 is 2.36 bits per heavy atom. The molecule has 1 aliphatic rings. The van der Waals surface area contributed by atoms with Crippen molar-refractivity contribution in [3.63, 3.8) is 0 Å². The molecule has 2 rings (SSSR count). The molecular formula is C15H19F3N2O2. The van der Waals surface area contributed by atoms with Gasteiger partial charge in [-0.15, -0.1) is 0 Å². The zero-order valence-electron chi connectivity index (χ0n) is 12.2. The van der Waals surface area contributed by atoms with E-state index in [9.17, 15) is 18.0 Å². The number of ether oxygens (including phenoxy) is 1. The minimum absolute atomic E-state index is 0.212. The van der Waals surface area contributed by atoms with E-state index in [1.165, 1.54) is 12.1 Å². The van der Waals surface area contributed by atoms with E-state index in [-0.39, 0.29) is 18.3 Å². The van der Waals surface area contributed by atoms with Gasteiger partial charge in [0.15, 0.2) is 6.61 Å². The van der Waals surface area contributed by atoms with Crippen molar-refractivity contribution in [2.45, 2.75) is 31.5 Å². The van der Waals surface area contributed by atoms with E-state index in [1.807, 2.05) is 6.92 Å². The number of alkyl halides is 3. The first-order valence-corrected chi connectivity index (χ1v) is 7.06. The van der Waals surface area contributed by atoms with E-state index < -0.39 is 17.3 Å². The zero-order valence-corrected chi connectivity index (χ0v) is 12.2. The Hall–Kier alpha value is -1.76. The molecule has 1 fully saturated rings. The average molecular weight is 316 g/mol. The first-order chi connectivity index (χ1) is 10.2. The van der Waals surface area contributed by atoms with E-state index in [1.54, 1.807) is 0 Å². The second-order valence-electron chi connectivity index (χ2n) is 5.75. The fourth-order valence-corrected chi connectivity index (χ4v) is 2.28. The van der Waals surface area contributed by atoms with E-state index in [2.05, 4.69) is 5.32 Å². The predicted molar refractivity (Wildman–Crippen MR) is 75.3 cm³/mol. The smallest absolute Gasteiger partial charge is 0.416 e. The van der Waals surface area contributed by atoms with Crippen LogP contribution in [-0.2, 0) is 11.0 Å². The minimum Gasteiger partial charge on any atom is -0.484 e. The summed E-state index contributed by atoms with van der Waals surface area (Å²) in [4.78, 5) is 11.9. The molecule has 4 nitrogen and oxygen atoms in total. The largest absolute Gasteiger partial charge is 0.484 e. The summed E-state index contributed by atoms with van der Waals surface area (Å²) < 4.78 is 42.5. The topological polar surface area (TPSA) is 64.3 Å². The molecule has 0 spiro atoms. The number of hydrogen-bond donors (Lipinski definition) is 2. The summed E-state index contributed by atoms with van der Waals surface area (Å²) in [6, 6.07) is 4.22. The molecule has 1 aromatic rings. The molecule has 1 unspecified atom stereocenters. The Bertz CT molecular complexity index is 527. The highest BCUT2D eigenvalue weighted by Gasteiger charge is 2.41. The summed E-state index contributed by atoms with van der Waals surface area (Å²) in [5.74, 6) is 0.260. The van der Waals surface area contributed by atoms with E-state index in [4.69, 9.17) is 10.5 Å². The van der Waals surface area contributed by atoms with Gasteiger partial charge in [-0.2, -0.15) is 13.2 Å². The number of rotatable bonds is 6. The zero-order chi connectivity index (χ0) is 16.4. The van der Waals surface area contributed by atoms with Gasteiger partial charge in [0.2, 0.25) is 0 Å². The molecule has 1 saturated carbocycles. The van der Waals surface area contributed by atoms with Crippen LogP contribution in [0.15, 0.2) is 24.3 Å². The first-order valence-electron chi connectivity index (χ1n) is 7.06. The molecule has 0 radical (unpaired) electrons. The maximum atomic E-state index is 12.4. The Morgan fingerprint density at radius 1 is 1.32 bits per heavy atom. The Balaban J connectivity index is 1.86. The Morgan fingerprint density at radius 2 is 1.91 bits per heavy atom. The number of halogens is 3. The molecule has 22 heavy (non-hydrogen) atoms. The lowest BCUT2D eigenvalue weighted by Gasteiger charge is -2.29. The third-order valence-electron chi connectivity index (χ3n) is 3.88. The van der Waals surface area contributed by atoms with Crippen molar-refractivity contribution in [3.05, 3.63) is 29.8 Å². The number of amides is 1. The van der Waals surface area contributed by atoms with Crippen LogP contribution < -0.4 is 15.8 Å². The third kappa shape index (κ3) is 4.13. The number of carbonyl (C=O) groups excluding carboxylic acids is 1.